The maximum Gasteiger partial charge on any atom is 0.418 e. The van der Waals surface area contributed by atoms with Gasteiger partial charge in [-0.15, -0.1) is 0 Å². The van der Waals surface area contributed by atoms with Gasteiger partial charge in [-0.2, -0.15) is 13.2 Å². The summed E-state index contributed by atoms with van der Waals surface area (Å²) in [6.45, 7) is -0.253. The highest BCUT2D eigenvalue weighted by Crippen LogP contribution is 2.38. The highest BCUT2D eigenvalue weighted by atomic mass is 19.4. The summed E-state index contributed by atoms with van der Waals surface area (Å²) in [6, 6.07) is 3.53. The Bertz CT molecular complexity index is 544. The van der Waals surface area contributed by atoms with Gasteiger partial charge in [0.1, 0.15) is 6.61 Å². The SMILES string of the molecule is O=C(O)CC1COC(=O)N1c1ccccc1C(F)(F)F. The number of nitrogens with zero attached hydrogens (tertiary/aromatic N) is 1. The van der Waals surface area contributed by atoms with Crippen LogP contribution in [-0.2, 0) is 15.7 Å². The molecule has 20 heavy (non-hydrogen) atoms. The predicted molar refractivity (Wildman–Crippen MR) is 61.3 cm³/mol. The smallest absolute Gasteiger partial charge is 0.418 e. The van der Waals surface area contributed by atoms with E-state index < -0.39 is 42.0 Å². The first-order valence-electron chi connectivity index (χ1n) is 5.64. The summed E-state index contributed by atoms with van der Waals surface area (Å²) in [7, 11) is 0. The third kappa shape index (κ3) is 2.68. The van der Waals surface area contributed by atoms with Crippen molar-refractivity contribution in [3.63, 3.8) is 0 Å². The van der Waals surface area contributed by atoms with Crippen LogP contribution in [0.1, 0.15) is 12.0 Å². The first kappa shape index (κ1) is 14.2. The number of ether oxygens (including phenoxy) is 1. The van der Waals surface area contributed by atoms with Crippen LogP contribution in [-0.4, -0.2) is 29.8 Å². The molecule has 1 aliphatic rings. The average Bonchev–Trinajstić information content (AvgIpc) is 2.68. The molecule has 8 heteroatoms. The molecule has 1 heterocycles. The Kier molecular flexibility index (Phi) is 3.56. The normalized spacial score (nSPS) is 19.1. The van der Waals surface area contributed by atoms with Gasteiger partial charge in [0.25, 0.3) is 0 Å². The number of para-hydroxylation sites is 1. The van der Waals surface area contributed by atoms with E-state index in [1.54, 1.807) is 0 Å². The van der Waals surface area contributed by atoms with Crippen molar-refractivity contribution in [3.05, 3.63) is 29.8 Å². The van der Waals surface area contributed by atoms with E-state index >= 15 is 0 Å². The predicted octanol–water partition coefficient (Wildman–Crippen LogP) is 2.51. The van der Waals surface area contributed by atoms with E-state index in [0.717, 1.165) is 17.0 Å². The summed E-state index contributed by atoms with van der Waals surface area (Å²) in [5.41, 5.74) is -1.40. The van der Waals surface area contributed by atoms with E-state index in [0.29, 0.717) is 0 Å². The lowest BCUT2D eigenvalue weighted by Gasteiger charge is -2.23. The zero-order valence-corrected chi connectivity index (χ0v) is 10.1. The number of carbonyl (C=O) groups excluding carboxylic acids is 1. The van der Waals surface area contributed by atoms with Crippen LogP contribution in [0.2, 0.25) is 0 Å². The molecule has 1 unspecified atom stereocenters. The van der Waals surface area contributed by atoms with Crippen molar-refractivity contribution in [1.29, 1.82) is 0 Å². The molecule has 5 nitrogen and oxygen atoms in total. The Morgan fingerprint density at radius 1 is 1.40 bits per heavy atom. The Morgan fingerprint density at radius 2 is 2.05 bits per heavy atom. The van der Waals surface area contributed by atoms with Crippen molar-refractivity contribution in [2.75, 3.05) is 11.5 Å². The number of cyclic esters (lactones) is 1. The Hall–Kier alpha value is -2.25. The molecule has 0 bridgehead atoms. The number of hydrogen-bond acceptors (Lipinski definition) is 3. The standard InChI is InChI=1S/C12H10F3NO4/c13-12(14,15)8-3-1-2-4-9(8)16-7(5-10(17)18)6-20-11(16)19/h1-4,7H,5-6H2,(H,17,18). The summed E-state index contributed by atoms with van der Waals surface area (Å²) in [5, 5.41) is 8.74. The lowest BCUT2D eigenvalue weighted by atomic mass is 10.1. The number of amides is 1. The van der Waals surface area contributed by atoms with E-state index in [9.17, 15) is 22.8 Å². The van der Waals surface area contributed by atoms with Gasteiger partial charge in [-0.05, 0) is 12.1 Å². The molecule has 2 rings (SSSR count). The van der Waals surface area contributed by atoms with Crippen LogP contribution in [0.4, 0.5) is 23.7 Å². The van der Waals surface area contributed by atoms with Crippen LogP contribution in [0, 0.1) is 0 Å². The molecular formula is C12H10F3NO4. The van der Waals surface area contributed by atoms with Crippen molar-refractivity contribution in [2.24, 2.45) is 0 Å². The summed E-state index contributed by atoms with van der Waals surface area (Å²) < 4.78 is 43.4. The number of anilines is 1. The van der Waals surface area contributed by atoms with Crippen molar-refractivity contribution in [2.45, 2.75) is 18.6 Å². The zero-order chi connectivity index (χ0) is 14.9. The molecule has 0 saturated carbocycles. The van der Waals surface area contributed by atoms with Crippen molar-refractivity contribution < 1.29 is 32.6 Å². The van der Waals surface area contributed by atoms with Crippen LogP contribution >= 0.6 is 0 Å². The number of carboxylic acids is 1. The zero-order valence-electron chi connectivity index (χ0n) is 10.1. The van der Waals surface area contributed by atoms with Gasteiger partial charge in [-0.3, -0.25) is 9.69 Å². The quantitative estimate of drug-likeness (QED) is 0.928. The number of aliphatic carboxylic acids is 1. The van der Waals surface area contributed by atoms with Crippen LogP contribution in [0.15, 0.2) is 24.3 Å². The van der Waals surface area contributed by atoms with Gasteiger partial charge in [-0.1, -0.05) is 12.1 Å². The molecule has 108 valence electrons. The minimum absolute atomic E-state index is 0.253. The fourth-order valence-electron chi connectivity index (χ4n) is 2.03. The molecule has 1 aromatic carbocycles. The van der Waals surface area contributed by atoms with Gasteiger partial charge < -0.3 is 9.84 Å². The molecule has 0 spiro atoms. The number of carboxylic acid groups (broad SMARTS) is 1. The molecule has 1 atom stereocenters. The van der Waals surface area contributed by atoms with Gasteiger partial charge >= 0.3 is 18.2 Å². The molecule has 1 aliphatic heterocycles. The summed E-state index contributed by atoms with van der Waals surface area (Å²) >= 11 is 0. The number of hydrogen-bond donors (Lipinski definition) is 1. The van der Waals surface area contributed by atoms with Crippen molar-refractivity contribution in [1.82, 2.24) is 0 Å². The number of halogens is 3. The lowest BCUT2D eigenvalue weighted by Crippen LogP contribution is -2.36. The molecule has 1 amide bonds. The monoisotopic (exact) mass is 289 g/mol. The van der Waals surface area contributed by atoms with Gasteiger partial charge in [-0.25, -0.2) is 4.79 Å². The lowest BCUT2D eigenvalue weighted by molar-refractivity contribution is -0.137. The molecule has 1 aromatic rings. The molecule has 0 radical (unpaired) electrons. The van der Waals surface area contributed by atoms with Crippen LogP contribution in [0.3, 0.4) is 0 Å². The first-order chi connectivity index (χ1) is 9.30. The Labute approximate surface area is 111 Å². The van der Waals surface area contributed by atoms with E-state index in [4.69, 9.17) is 5.11 Å². The number of benzene rings is 1. The van der Waals surface area contributed by atoms with E-state index in [1.807, 2.05) is 0 Å². The molecule has 0 aliphatic carbocycles. The van der Waals surface area contributed by atoms with Gasteiger partial charge in [0.15, 0.2) is 0 Å². The minimum atomic E-state index is -4.65. The molecule has 0 aromatic heterocycles. The van der Waals surface area contributed by atoms with E-state index in [2.05, 4.69) is 4.74 Å². The summed E-state index contributed by atoms with van der Waals surface area (Å²) in [5.74, 6) is -1.22. The highest BCUT2D eigenvalue weighted by molar-refractivity contribution is 5.92. The molecule has 1 fully saturated rings. The Morgan fingerprint density at radius 3 is 2.65 bits per heavy atom. The second kappa shape index (κ2) is 5.03. The second-order valence-electron chi connectivity index (χ2n) is 4.21. The van der Waals surface area contributed by atoms with E-state index in [1.165, 1.54) is 12.1 Å². The van der Waals surface area contributed by atoms with Crippen LogP contribution < -0.4 is 4.90 Å². The average molecular weight is 289 g/mol. The third-order valence-corrected chi connectivity index (χ3v) is 2.84. The fourth-order valence-corrected chi connectivity index (χ4v) is 2.03. The third-order valence-electron chi connectivity index (χ3n) is 2.84. The minimum Gasteiger partial charge on any atom is -0.481 e. The van der Waals surface area contributed by atoms with Gasteiger partial charge in [0, 0.05) is 0 Å². The van der Waals surface area contributed by atoms with Crippen molar-refractivity contribution in [3.8, 4) is 0 Å². The maximum absolute atomic E-state index is 12.9. The van der Waals surface area contributed by atoms with Crippen LogP contribution in [0.25, 0.3) is 0 Å². The Balaban J connectivity index is 2.43. The maximum atomic E-state index is 12.9. The van der Waals surface area contributed by atoms with Crippen LogP contribution in [0.5, 0.6) is 0 Å². The summed E-state index contributed by atoms with van der Waals surface area (Å²) in [6.07, 6.45) is -6.11. The van der Waals surface area contributed by atoms with E-state index in [-0.39, 0.29) is 6.61 Å². The van der Waals surface area contributed by atoms with Gasteiger partial charge in [0.05, 0.1) is 23.7 Å². The fraction of sp³-hybridized carbons (Fsp3) is 0.333. The van der Waals surface area contributed by atoms with Gasteiger partial charge in [0.2, 0.25) is 0 Å². The summed E-state index contributed by atoms with van der Waals surface area (Å²) in [4.78, 5) is 23.0. The molecule has 1 N–H and O–H groups in total. The molecular weight excluding hydrogens is 279 g/mol. The number of alkyl halides is 3. The topological polar surface area (TPSA) is 66.8 Å². The highest BCUT2D eigenvalue weighted by Gasteiger charge is 2.41. The first-order valence-corrected chi connectivity index (χ1v) is 5.64. The molecule has 1 saturated heterocycles. The number of carbonyl (C=O) groups is 2. The van der Waals surface area contributed by atoms with Crippen molar-refractivity contribution >= 4 is 17.7 Å². The largest absolute Gasteiger partial charge is 0.481 e. The second-order valence-corrected chi connectivity index (χ2v) is 4.21. The number of rotatable bonds is 3.